The number of nitrogens with zero attached hydrogens (tertiary/aromatic N) is 2. The van der Waals surface area contributed by atoms with Gasteiger partial charge in [0.15, 0.2) is 0 Å². The maximum Gasteiger partial charge on any atom is 0.243 e. The third-order valence-electron chi connectivity index (χ3n) is 2.75. The molecule has 0 radical (unpaired) electrons. The van der Waals surface area contributed by atoms with E-state index < -0.39 is 5.82 Å². The van der Waals surface area contributed by atoms with Gasteiger partial charge in [-0.2, -0.15) is 4.73 Å². The highest BCUT2D eigenvalue weighted by atomic mass is 19.1. The van der Waals surface area contributed by atoms with Crippen molar-refractivity contribution in [2.45, 2.75) is 6.92 Å². The first-order chi connectivity index (χ1) is 8.15. The number of hydrogen-bond acceptors (Lipinski definition) is 2. The molecule has 3 rings (SSSR count). The van der Waals surface area contributed by atoms with Crippen molar-refractivity contribution in [3.63, 3.8) is 0 Å². The summed E-state index contributed by atoms with van der Waals surface area (Å²) < 4.78 is 13.9. The summed E-state index contributed by atoms with van der Waals surface area (Å²) >= 11 is 0. The van der Waals surface area contributed by atoms with Crippen molar-refractivity contribution in [2.75, 3.05) is 0 Å². The second-order valence-corrected chi connectivity index (χ2v) is 4.03. The minimum absolute atomic E-state index is 0.372. The number of rotatable bonds is 0. The Morgan fingerprint density at radius 3 is 2.71 bits per heavy atom. The number of benzene rings is 2. The molecule has 0 spiro atoms. The predicted octanol–water partition coefficient (Wildman–Crippen LogP) is 2.47. The van der Waals surface area contributed by atoms with Crippen molar-refractivity contribution in [2.24, 2.45) is 0 Å². The Hall–Kier alpha value is -2.23. The van der Waals surface area contributed by atoms with Crippen molar-refractivity contribution >= 4 is 22.1 Å². The second kappa shape index (κ2) is 3.38. The molecule has 0 N–H and O–H groups in total. The molecule has 0 fully saturated rings. The fourth-order valence-corrected chi connectivity index (χ4v) is 1.91. The molecule has 0 saturated heterocycles. The summed E-state index contributed by atoms with van der Waals surface area (Å²) in [5, 5.41) is 12.1. The van der Waals surface area contributed by atoms with Gasteiger partial charge >= 0.3 is 0 Å². The Balaban J connectivity index is 2.52. The molecule has 0 aliphatic rings. The Morgan fingerprint density at radius 1 is 1.06 bits per heavy atom. The van der Waals surface area contributed by atoms with Gasteiger partial charge in [-0.15, -0.1) is 0 Å². The lowest BCUT2D eigenvalue weighted by molar-refractivity contribution is -0.548. The van der Waals surface area contributed by atoms with Gasteiger partial charge in [-0.3, -0.25) is 0 Å². The zero-order valence-electron chi connectivity index (χ0n) is 9.14. The molecule has 2 aromatic carbocycles. The van der Waals surface area contributed by atoms with Crippen LogP contribution in [-0.4, -0.2) is 4.98 Å². The molecule has 1 aromatic heterocycles. The van der Waals surface area contributed by atoms with Crippen LogP contribution in [0.5, 0.6) is 0 Å². The van der Waals surface area contributed by atoms with Crippen molar-refractivity contribution < 1.29 is 9.12 Å². The molecule has 84 valence electrons. The van der Waals surface area contributed by atoms with E-state index >= 15 is 0 Å². The van der Waals surface area contributed by atoms with E-state index in [1.54, 1.807) is 12.1 Å². The molecule has 0 amide bonds. The van der Waals surface area contributed by atoms with E-state index in [1.165, 1.54) is 18.2 Å². The van der Waals surface area contributed by atoms with Crippen LogP contribution in [-0.2, 0) is 0 Å². The van der Waals surface area contributed by atoms with Gasteiger partial charge in [0.2, 0.25) is 11.0 Å². The molecule has 17 heavy (non-hydrogen) atoms. The van der Waals surface area contributed by atoms with Crippen LogP contribution in [0, 0.1) is 17.9 Å². The first kappa shape index (κ1) is 9.96. The molecule has 0 saturated carbocycles. The average Bonchev–Trinajstić information content (AvgIpc) is 2.30. The van der Waals surface area contributed by atoms with E-state index in [4.69, 9.17) is 0 Å². The van der Waals surface area contributed by atoms with Crippen LogP contribution in [0.25, 0.3) is 22.1 Å². The molecule has 0 aliphatic heterocycles. The highest BCUT2D eigenvalue weighted by Crippen LogP contribution is 2.16. The normalized spacial score (nSPS) is 11.2. The molecule has 0 aliphatic carbocycles. The van der Waals surface area contributed by atoms with E-state index in [-0.39, 0.29) is 0 Å². The summed E-state index contributed by atoms with van der Waals surface area (Å²) in [4.78, 5) is 4.28. The van der Waals surface area contributed by atoms with Crippen LogP contribution in [0.2, 0.25) is 0 Å². The van der Waals surface area contributed by atoms with Gasteiger partial charge in [-0.25, -0.2) is 9.37 Å². The van der Waals surface area contributed by atoms with Crippen LogP contribution >= 0.6 is 0 Å². The van der Waals surface area contributed by atoms with Crippen LogP contribution in [0.1, 0.15) is 5.56 Å². The van der Waals surface area contributed by atoms with Crippen molar-refractivity contribution in [1.82, 2.24) is 4.98 Å². The zero-order valence-corrected chi connectivity index (χ0v) is 9.14. The summed E-state index contributed by atoms with van der Waals surface area (Å²) in [6.45, 7) is 1.91. The van der Waals surface area contributed by atoms with Gasteiger partial charge in [0.1, 0.15) is 16.9 Å². The lowest BCUT2D eigenvalue weighted by Gasteiger charge is -2.05. The molecule has 3 aromatic rings. The summed E-state index contributed by atoms with van der Waals surface area (Å²) in [7, 11) is 0. The van der Waals surface area contributed by atoms with Gasteiger partial charge in [-0.05, 0) is 24.6 Å². The Morgan fingerprint density at radius 2 is 1.88 bits per heavy atom. The number of fused-ring (bicyclic) bond motifs is 2. The number of hydrogen-bond donors (Lipinski definition) is 0. The van der Waals surface area contributed by atoms with Gasteiger partial charge in [0, 0.05) is 18.2 Å². The summed E-state index contributed by atoms with van der Waals surface area (Å²) in [5.41, 5.74) is 2.82. The van der Waals surface area contributed by atoms with Gasteiger partial charge < -0.3 is 5.21 Å². The largest absolute Gasteiger partial charge is 0.618 e. The van der Waals surface area contributed by atoms with E-state index in [0.29, 0.717) is 22.1 Å². The van der Waals surface area contributed by atoms with Crippen molar-refractivity contribution in [1.29, 1.82) is 0 Å². The number of aryl methyl sites for hydroxylation is 1. The predicted molar refractivity (Wildman–Crippen MR) is 62.9 cm³/mol. The zero-order chi connectivity index (χ0) is 12.0. The topological polar surface area (TPSA) is 39.8 Å². The summed E-state index contributed by atoms with van der Waals surface area (Å²) in [6.07, 6.45) is 0. The Bertz CT molecular complexity index is 740. The minimum atomic E-state index is -0.392. The smallest absolute Gasteiger partial charge is 0.243 e. The average molecular weight is 228 g/mol. The van der Waals surface area contributed by atoms with Gasteiger partial charge in [0.05, 0.1) is 0 Å². The standard InChI is InChI=1S/C13H9FN2O/c1-8-2-4-10-13(6-8)16(17)12-5-3-9(14)7-11(12)15-10/h2-7H,1H3. The quantitative estimate of drug-likeness (QED) is 0.337. The van der Waals surface area contributed by atoms with Crippen LogP contribution in [0.15, 0.2) is 36.4 Å². The highest BCUT2D eigenvalue weighted by Gasteiger charge is 2.12. The summed E-state index contributed by atoms with van der Waals surface area (Å²) in [6, 6.07) is 9.40. The van der Waals surface area contributed by atoms with E-state index in [1.807, 2.05) is 13.0 Å². The molecule has 0 atom stereocenters. The minimum Gasteiger partial charge on any atom is -0.618 e. The highest BCUT2D eigenvalue weighted by molar-refractivity contribution is 5.81. The number of halogens is 1. The SMILES string of the molecule is Cc1ccc2nc3cc(F)ccc3[n+]([O-])c2c1. The fraction of sp³-hybridized carbons (Fsp3) is 0.0769. The fourth-order valence-electron chi connectivity index (χ4n) is 1.91. The van der Waals surface area contributed by atoms with E-state index in [0.717, 1.165) is 10.3 Å². The third-order valence-corrected chi connectivity index (χ3v) is 2.75. The van der Waals surface area contributed by atoms with E-state index in [2.05, 4.69) is 4.98 Å². The first-order valence-corrected chi connectivity index (χ1v) is 5.24. The van der Waals surface area contributed by atoms with Crippen LogP contribution < -0.4 is 4.73 Å². The van der Waals surface area contributed by atoms with Crippen molar-refractivity contribution in [3.8, 4) is 0 Å². The molecule has 3 nitrogen and oxygen atoms in total. The maximum absolute atomic E-state index is 13.1. The molecule has 1 heterocycles. The number of aromatic nitrogens is 2. The molecular weight excluding hydrogens is 219 g/mol. The Labute approximate surface area is 96.7 Å². The van der Waals surface area contributed by atoms with Crippen LogP contribution in [0.3, 0.4) is 0 Å². The van der Waals surface area contributed by atoms with E-state index in [9.17, 15) is 9.60 Å². The molecule has 4 heteroatoms. The Kier molecular flexibility index (Phi) is 1.98. The monoisotopic (exact) mass is 228 g/mol. The molecular formula is C13H9FN2O. The first-order valence-electron chi connectivity index (χ1n) is 5.24. The lowest BCUT2D eigenvalue weighted by atomic mass is 10.2. The van der Waals surface area contributed by atoms with Crippen molar-refractivity contribution in [3.05, 3.63) is 53.0 Å². The summed E-state index contributed by atoms with van der Waals surface area (Å²) in [5.74, 6) is -0.392. The molecule has 0 unspecified atom stereocenters. The maximum atomic E-state index is 13.1. The van der Waals surface area contributed by atoms with Crippen LogP contribution in [0.4, 0.5) is 4.39 Å². The second-order valence-electron chi connectivity index (χ2n) is 4.03. The van der Waals surface area contributed by atoms with Gasteiger partial charge in [-0.1, -0.05) is 6.07 Å². The molecule has 0 bridgehead atoms. The third kappa shape index (κ3) is 1.49. The lowest BCUT2D eigenvalue weighted by Crippen LogP contribution is -2.28. The van der Waals surface area contributed by atoms with Gasteiger partial charge in [0.25, 0.3) is 0 Å².